The second kappa shape index (κ2) is 6.72. The van der Waals surface area contributed by atoms with Crippen molar-refractivity contribution in [2.45, 2.75) is 24.9 Å². The number of hydrogen-bond donors (Lipinski definition) is 1. The van der Waals surface area contributed by atoms with Crippen LogP contribution < -0.4 is 5.32 Å². The van der Waals surface area contributed by atoms with Crippen molar-refractivity contribution >= 4 is 11.8 Å². The molecule has 1 N–H and O–H groups in total. The lowest BCUT2D eigenvalue weighted by Gasteiger charge is -2.31. The standard InChI is InChI=1S/C16H23N3O2/c1-17-15(20)13-10-7-11-19(13)16(21)14(18(2)3)12-8-5-4-6-9-12/h4-6,8-9,13-14H,7,10-11H2,1-3H3,(H,17,20). The van der Waals surface area contributed by atoms with Crippen LogP contribution in [0.25, 0.3) is 0 Å². The summed E-state index contributed by atoms with van der Waals surface area (Å²) >= 11 is 0. The van der Waals surface area contributed by atoms with Gasteiger partial charge in [0.15, 0.2) is 0 Å². The molecule has 0 saturated carbocycles. The number of benzene rings is 1. The molecule has 0 aliphatic carbocycles. The Labute approximate surface area is 125 Å². The highest BCUT2D eigenvalue weighted by Crippen LogP contribution is 2.26. The molecule has 2 amide bonds. The topological polar surface area (TPSA) is 52.7 Å². The minimum atomic E-state index is -0.351. The minimum Gasteiger partial charge on any atom is -0.357 e. The molecule has 1 aliphatic rings. The maximum atomic E-state index is 12.9. The van der Waals surface area contributed by atoms with Gasteiger partial charge in [-0.2, -0.15) is 0 Å². The fraction of sp³-hybridized carbons (Fsp3) is 0.500. The van der Waals surface area contributed by atoms with Crippen molar-refractivity contribution in [3.05, 3.63) is 35.9 Å². The summed E-state index contributed by atoms with van der Waals surface area (Å²) in [5, 5.41) is 2.65. The lowest BCUT2D eigenvalue weighted by Crippen LogP contribution is -2.48. The van der Waals surface area contributed by atoms with Gasteiger partial charge in [0.05, 0.1) is 0 Å². The fourth-order valence-corrected chi connectivity index (χ4v) is 2.92. The molecule has 21 heavy (non-hydrogen) atoms. The Morgan fingerprint density at radius 3 is 2.52 bits per heavy atom. The summed E-state index contributed by atoms with van der Waals surface area (Å²) in [6.07, 6.45) is 1.61. The molecule has 2 rings (SSSR count). The Hall–Kier alpha value is -1.88. The van der Waals surface area contributed by atoms with Gasteiger partial charge in [-0.05, 0) is 32.5 Å². The van der Waals surface area contributed by atoms with Crippen LogP contribution in [0.15, 0.2) is 30.3 Å². The van der Waals surface area contributed by atoms with Crippen LogP contribution in [0.5, 0.6) is 0 Å². The molecule has 1 aromatic rings. The molecular weight excluding hydrogens is 266 g/mol. The second-order valence-corrected chi connectivity index (χ2v) is 5.58. The monoisotopic (exact) mass is 289 g/mol. The van der Waals surface area contributed by atoms with E-state index in [-0.39, 0.29) is 23.9 Å². The molecule has 5 heteroatoms. The van der Waals surface area contributed by atoms with E-state index in [1.165, 1.54) is 0 Å². The summed E-state index contributed by atoms with van der Waals surface area (Å²) in [6.45, 7) is 0.647. The minimum absolute atomic E-state index is 0.00250. The van der Waals surface area contributed by atoms with Crippen LogP contribution >= 0.6 is 0 Å². The van der Waals surface area contributed by atoms with Gasteiger partial charge in [-0.15, -0.1) is 0 Å². The van der Waals surface area contributed by atoms with Gasteiger partial charge in [0.1, 0.15) is 12.1 Å². The Balaban J connectivity index is 2.25. The Kier molecular flexibility index (Phi) is 4.96. The predicted molar refractivity (Wildman–Crippen MR) is 81.7 cm³/mol. The molecule has 114 valence electrons. The smallest absolute Gasteiger partial charge is 0.245 e. The average Bonchev–Trinajstić information content (AvgIpc) is 2.96. The maximum Gasteiger partial charge on any atom is 0.245 e. The van der Waals surface area contributed by atoms with E-state index in [0.717, 1.165) is 18.4 Å². The molecule has 1 aromatic carbocycles. The summed E-state index contributed by atoms with van der Waals surface area (Å²) in [5.41, 5.74) is 0.954. The van der Waals surface area contributed by atoms with E-state index in [1.807, 2.05) is 49.3 Å². The number of rotatable bonds is 4. The van der Waals surface area contributed by atoms with Crippen molar-refractivity contribution in [3.63, 3.8) is 0 Å². The zero-order chi connectivity index (χ0) is 15.4. The van der Waals surface area contributed by atoms with Crippen LogP contribution in [-0.2, 0) is 9.59 Å². The largest absolute Gasteiger partial charge is 0.357 e. The van der Waals surface area contributed by atoms with Gasteiger partial charge < -0.3 is 10.2 Å². The quantitative estimate of drug-likeness (QED) is 0.900. The first-order valence-corrected chi connectivity index (χ1v) is 7.29. The Morgan fingerprint density at radius 1 is 1.29 bits per heavy atom. The lowest BCUT2D eigenvalue weighted by atomic mass is 10.0. The summed E-state index contributed by atoms with van der Waals surface area (Å²) < 4.78 is 0. The summed E-state index contributed by atoms with van der Waals surface area (Å²) in [6, 6.07) is 9.01. The zero-order valence-electron chi connectivity index (χ0n) is 12.9. The third-order valence-electron chi connectivity index (χ3n) is 3.95. The van der Waals surface area contributed by atoms with Crippen molar-refractivity contribution < 1.29 is 9.59 Å². The number of amides is 2. The van der Waals surface area contributed by atoms with Crippen molar-refractivity contribution in [1.29, 1.82) is 0 Å². The summed E-state index contributed by atoms with van der Waals surface area (Å²) in [7, 11) is 5.39. The first-order valence-electron chi connectivity index (χ1n) is 7.29. The van der Waals surface area contributed by atoms with Gasteiger partial charge in [-0.3, -0.25) is 14.5 Å². The first-order chi connectivity index (χ1) is 10.1. The van der Waals surface area contributed by atoms with Gasteiger partial charge in [0.25, 0.3) is 0 Å². The van der Waals surface area contributed by atoms with Crippen LogP contribution in [0, 0.1) is 0 Å². The van der Waals surface area contributed by atoms with Gasteiger partial charge in [-0.25, -0.2) is 0 Å². The highest BCUT2D eigenvalue weighted by Gasteiger charge is 2.37. The van der Waals surface area contributed by atoms with Gasteiger partial charge in [0, 0.05) is 13.6 Å². The van der Waals surface area contributed by atoms with Crippen LogP contribution in [0.1, 0.15) is 24.4 Å². The maximum absolute atomic E-state index is 12.9. The molecule has 0 spiro atoms. The van der Waals surface area contributed by atoms with Gasteiger partial charge >= 0.3 is 0 Å². The van der Waals surface area contributed by atoms with Gasteiger partial charge in [-0.1, -0.05) is 30.3 Å². The molecular formula is C16H23N3O2. The molecule has 2 atom stereocenters. The number of carbonyl (C=O) groups is 2. The molecule has 1 aliphatic heterocycles. The van der Waals surface area contributed by atoms with E-state index < -0.39 is 0 Å². The van der Waals surface area contributed by atoms with Crippen molar-refractivity contribution in [2.75, 3.05) is 27.7 Å². The van der Waals surface area contributed by atoms with E-state index in [2.05, 4.69) is 5.32 Å². The molecule has 0 aromatic heterocycles. The molecule has 5 nitrogen and oxygen atoms in total. The Bertz CT molecular complexity index is 502. The van der Waals surface area contributed by atoms with Crippen molar-refractivity contribution in [3.8, 4) is 0 Å². The van der Waals surface area contributed by atoms with Crippen LogP contribution in [0.2, 0.25) is 0 Å². The molecule has 0 bridgehead atoms. The molecule has 1 heterocycles. The van der Waals surface area contributed by atoms with E-state index in [9.17, 15) is 9.59 Å². The average molecular weight is 289 g/mol. The van der Waals surface area contributed by atoms with Gasteiger partial charge in [0.2, 0.25) is 11.8 Å². The first kappa shape index (κ1) is 15.5. The highest BCUT2D eigenvalue weighted by molar-refractivity contribution is 5.90. The third-order valence-corrected chi connectivity index (χ3v) is 3.95. The molecule has 0 radical (unpaired) electrons. The fourth-order valence-electron chi connectivity index (χ4n) is 2.92. The number of nitrogens with zero attached hydrogens (tertiary/aromatic N) is 2. The number of hydrogen-bond acceptors (Lipinski definition) is 3. The van der Waals surface area contributed by atoms with Crippen molar-refractivity contribution in [1.82, 2.24) is 15.1 Å². The number of likely N-dealkylation sites (N-methyl/N-ethyl adjacent to an activating group) is 2. The van der Waals surface area contributed by atoms with Crippen LogP contribution in [0.4, 0.5) is 0 Å². The van der Waals surface area contributed by atoms with E-state index in [4.69, 9.17) is 0 Å². The number of likely N-dealkylation sites (tertiary alicyclic amines) is 1. The lowest BCUT2D eigenvalue weighted by molar-refractivity contribution is -0.142. The molecule has 1 fully saturated rings. The number of nitrogens with one attached hydrogen (secondary N) is 1. The Morgan fingerprint density at radius 2 is 1.95 bits per heavy atom. The van der Waals surface area contributed by atoms with Crippen LogP contribution in [0.3, 0.4) is 0 Å². The SMILES string of the molecule is CNC(=O)C1CCCN1C(=O)C(c1ccccc1)N(C)C. The van der Waals surface area contributed by atoms with E-state index >= 15 is 0 Å². The zero-order valence-corrected chi connectivity index (χ0v) is 12.9. The predicted octanol–water partition coefficient (Wildman–Crippen LogP) is 1.03. The number of carbonyl (C=O) groups excluding carboxylic acids is 2. The van der Waals surface area contributed by atoms with E-state index in [0.29, 0.717) is 6.54 Å². The third kappa shape index (κ3) is 3.24. The molecule has 2 unspecified atom stereocenters. The summed E-state index contributed by atoms with van der Waals surface area (Å²) in [5.74, 6) is -0.0799. The second-order valence-electron chi connectivity index (χ2n) is 5.58. The normalized spacial score (nSPS) is 19.6. The summed E-state index contributed by atoms with van der Waals surface area (Å²) in [4.78, 5) is 28.5. The van der Waals surface area contributed by atoms with Crippen LogP contribution in [-0.4, -0.2) is 55.3 Å². The highest BCUT2D eigenvalue weighted by atomic mass is 16.2. The van der Waals surface area contributed by atoms with Crippen molar-refractivity contribution in [2.24, 2.45) is 0 Å². The molecule has 1 saturated heterocycles. The van der Waals surface area contributed by atoms with E-state index in [1.54, 1.807) is 11.9 Å².